The number of aromatic nitrogens is 2. The van der Waals surface area contributed by atoms with Gasteiger partial charge in [-0.15, -0.1) is 0 Å². The summed E-state index contributed by atoms with van der Waals surface area (Å²) in [5, 5.41) is 10.8. The van der Waals surface area contributed by atoms with Crippen LogP contribution in [0.25, 0.3) is 0 Å². The molecule has 6 atom stereocenters. The Hall–Kier alpha value is -3.32. The van der Waals surface area contributed by atoms with E-state index < -0.39 is 62.2 Å². The van der Waals surface area contributed by atoms with E-state index in [0.717, 1.165) is 28.6 Å². The number of halogens is 2. The first-order valence-corrected chi connectivity index (χ1v) is 14.1. The first kappa shape index (κ1) is 30.6. The predicted molar refractivity (Wildman–Crippen MR) is 145 cm³/mol. The molecule has 1 aliphatic heterocycles. The Balaban J connectivity index is 1.51. The summed E-state index contributed by atoms with van der Waals surface area (Å²) in [6, 6.07) is 14.8. The van der Waals surface area contributed by atoms with Crippen molar-refractivity contribution in [1.29, 1.82) is 0 Å². The number of alkyl halides is 1. The van der Waals surface area contributed by atoms with Crippen molar-refractivity contribution in [1.82, 2.24) is 14.4 Å². The van der Waals surface area contributed by atoms with Crippen LogP contribution in [0.3, 0.4) is 0 Å². The maximum Gasteiger partial charge on any atom is 0.331 e. The van der Waals surface area contributed by atoms with Crippen LogP contribution in [0, 0.1) is 0 Å². The molecule has 1 aromatic heterocycles. The number of aliphatic hydroxyl groups is 1. The van der Waals surface area contributed by atoms with Gasteiger partial charge >= 0.3 is 19.8 Å². The maximum atomic E-state index is 15.6. The van der Waals surface area contributed by atoms with E-state index in [2.05, 4.69) is 0 Å². The Morgan fingerprint density at radius 2 is 1.90 bits per heavy atom. The quantitative estimate of drug-likeness (QED) is 0.188. The number of nitrogens with zero attached hydrogens (tertiary/aromatic N) is 2. The average molecular weight is 612 g/mol. The normalized spacial score (nSPS) is 23.7. The van der Waals surface area contributed by atoms with Gasteiger partial charge in [-0.25, -0.2) is 9.18 Å². The number of para-hydroxylation sites is 1. The zero-order valence-electron chi connectivity index (χ0n) is 21.9. The van der Waals surface area contributed by atoms with Crippen LogP contribution >= 0.6 is 19.8 Å². The van der Waals surface area contributed by atoms with E-state index in [-0.39, 0.29) is 17.4 Å². The highest BCUT2D eigenvalue weighted by Crippen LogP contribution is 2.42. The summed E-state index contributed by atoms with van der Waals surface area (Å²) in [4.78, 5) is 44.9. The minimum Gasteiger partial charge on any atom is -0.460 e. The molecule has 0 spiro atoms. The first-order chi connectivity index (χ1) is 19.5. The standard InChI is InChI=1S/C26H28ClFN3O9P/c1-16(23(34)37-14-17-8-4-3-5-9-17)31(41(36)40-19-11-7-6-10-18(19)27)38-15-20-22(33)26(2,28)24(39-20)30-13-12-21(32)29-25(30)35/h3-13,16,20,22,24,33,41H,14-15H2,1-2H3,(H,29,32,35)/t16?,20-,22-,24-,26-/m1/s1. The van der Waals surface area contributed by atoms with Crippen LogP contribution in [-0.2, 0) is 30.3 Å². The number of aliphatic hydroxyl groups excluding tert-OH is 1. The van der Waals surface area contributed by atoms with Gasteiger partial charge in [0.2, 0.25) is 0 Å². The van der Waals surface area contributed by atoms with Crippen LogP contribution in [0.2, 0.25) is 5.02 Å². The molecule has 0 bridgehead atoms. The van der Waals surface area contributed by atoms with Crippen molar-refractivity contribution in [3.8, 4) is 5.75 Å². The van der Waals surface area contributed by atoms with Crippen molar-refractivity contribution < 1.29 is 37.7 Å². The molecule has 1 saturated heterocycles. The van der Waals surface area contributed by atoms with Crippen molar-refractivity contribution in [2.24, 2.45) is 0 Å². The van der Waals surface area contributed by atoms with Gasteiger partial charge < -0.3 is 19.1 Å². The Bertz CT molecular complexity index is 1500. The predicted octanol–water partition coefficient (Wildman–Crippen LogP) is 3.01. The Morgan fingerprint density at radius 3 is 2.59 bits per heavy atom. The molecule has 1 fully saturated rings. The molecule has 1 aliphatic rings. The first-order valence-electron chi connectivity index (χ1n) is 12.4. The van der Waals surface area contributed by atoms with Crippen molar-refractivity contribution in [3.05, 3.63) is 98.3 Å². The number of rotatable bonds is 11. The number of benzene rings is 2. The number of hydroxylamine groups is 1. The highest BCUT2D eigenvalue weighted by atomic mass is 35.5. The number of ether oxygens (including phenoxy) is 2. The third-order valence-corrected chi connectivity index (χ3v) is 7.91. The molecule has 4 rings (SSSR count). The van der Waals surface area contributed by atoms with E-state index in [4.69, 9.17) is 30.4 Å². The second-order valence-corrected chi connectivity index (χ2v) is 10.9. The summed E-state index contributed by atoms with van der Waals surface area (Å²) in [7, 11) is -3.39. The summed E-state index contributed by atoms with van der Waals surface area (Å²) in [6.45, 7) is 1.71. The lowest BCUT2D eigenvalue weighted by Gasteiger charge is -2.27. The minimum atomic E-state index is -3.39. The van der Waals surface area contributed by atoms with E-state index in [0.29, 0.717) is 5.56 Å². The van der Waals surface area contributed by atoms with E-state index in [1.807, 2.05) is 11.1 Å². The summed E-state index contributed by atoms with van der Waals surface area (Å²) in [6.07, 6.45) is -3.81. The summed E-state index contributed by atoms with van der Waals surface area (Å²) >= 11 is 6.12. The fraction of sp³-hybridized carbons (Fsp3) is 0.346. The van der Waals surface area contributed by atoms with Crippen molar-refractivity contribution in [2.45, 2.75) is 50.6 Å². The number of carbonyl (C=O) groups is 1. The molecule has 15 heteroatoms. The monoisotopic (exact) mass is 611 g/mol. The maximum absolute atomic E-state index is 15.6. The summed E-state index contributed by atoms with van der Waals surface area (Å²) in [5.74, 6) is -0.752. The van der Waals surface area contributed by atoms with Crippen LogP contribution < -0.4 is 15.8 Å². The van der Waals surface area contributed by atoms with Crippen LogP contribution in [0.5, 0.6) is 5.75 Å². The number of aromatic amines is 1. The topological polar surface area (TPSA) is 149 Å². The lowest BCUT2D eigenvalue weighted by atomic mass is 9.98. The highest BCUT2D eigenvalue weighted by Gasteiger charge is 2.55. The molecular weight excluding hydrogens is 584 g/mol. The number of carbonyl (C=O) groups excluding carboxylic acids is 1. The number of hydrogen-bond donors (Lipinski definition) is 2. The van der Waals surface area contributed by atoms with E-state index in [1.54, 1.807) is 36.4 Å². The SMILES string of the molecule is CC(C(=O)OCc1ccccc1)N(OC[C@H]1O[C@@H](n2ccc(=O)[nH]c2=O)[C@](C)(F)[C@@H]1O)[PH](=O)Oc1ccccc1Cl. The molecule has 0 amide bonds. The minimum absolute atomic E-state index is 0.0579. The van der Waals surface area contributed by atoms with Gasteiger partial charge in [-0.3, -0.25) is 28.5 Å². The Morgan fingerprint density at radius 1 is 1.22 bits per heavy atom. The second-order valence-electron chi connectivity index (χ2n) is 9.33. The lowest BCUT2D eigenvalue weighted by Crippen LogP contribution is -2.44. The van der Waals surface area contributed by atoms with Crippen LogP contribution in [0.1, 0.15) is 25.6 Å². The molecule has 2 N–H and O–H groups in total. The highest BCUT2D eigenvalue weighted by molar-refractivity contribution is 7.36. The number of H-pyrrole nitrogens is 1. The van der Waals surface area contributed by atoms with Crippen molar-refractivity contribution in [3.63, 3.8) is 0 Å². The largest absolute Gasteiger partial charge is 0.460 e. The fourth-order valence-corrected chi connectivity index (χ4v) is 5.35. The molecule has 0 aliphatic carbocycles. The van der Waals surface area contributed by atoms with E-state index in [1.165, 1.54) is 19.1 Å². The molecule has 12 nitrogen and oxygen atoms in total. The smallest absolute Gasteiger partial charge is 0.331 e. The number of nitrogens with one attached hydrogen (secondary N) is 1. The zero-order chi connectivity index (χ0) is 29.7. The van der Waals surface area contributed by atoms with Gasteiger partial charge in [0.05, 0.1) is 11.6 Å². The van der Waals surface area contributed by atoms with Gasteiger partial charge in [-0.1, -0.05) is 58.9 Å². The molecule has 2 unspecified atom stereocenters. The van der Waals surface area contributed by atoms with Gasteiger partial charge in [0.25, 0.3) is 5.56 Å². The summed E-state index contributed by atoms with van der Waals surface area (Å²) < 4.78 is 46.1. The number of esters is 1. The third kappa shape index (κ3) is 7.13. The number of hydrogen-bond acceptors (Lipinski definition) is 9. The third-order valence-electron chi connectivity index (χ3n) is 6.33. The van der Waals surface area contributed by atoms with Crippen LogP contribution in [0.4, 0.5) is 4.39 Å². The molecule has 220 valence electrons. The van der Waals surface area contributed by atoms with Crippen molar-refractivity contribution in [2.75, 3.05) is 6.61 Å². The molecule has 0 saturated carbocycles. The molecule has 2 heterocycles. The van der Waals surface area contributed by atoms with Crippen molar-refractivity contribution >= 4 is 25.7 Å². The van der Waals surface area contributed by atoms with Gasteiger partial charge in [0, 0.05) is 12.3 Å². The molecule has 2 aromatic carbocycles. The zero-order valence-corrected chi connectivity index (χ0v) is 23.7. The van der Waals surface area contributed by atoms with E-state index in [9.17, 15) is 24.1 Å². The van der Waals surface area contributed by atoms with E-state index >= 15 is 4.39 Å². The van der Waals surface area contributed by atoms with Gasteiger partial charge in [-0.2, -0.15) is 0 Å². The molecule has 41 heavy (non-hydrogen) atoms. The Kier molecular flexibility index (Phi) is 9.80. The lowest BCUT2D eigenvalue weighted by molar-refractivity contribution is -0.181. The summed E-state index contributed by atoms with van der Waals surface area (Å²) in [5.41, 5.74) is -3.43. The Labute approximate surface area is 239 Å². The molecular formula is C26H28ClFN3O9P. The molecule has 0 radical (unpaired) electrons. The van der Waals surface area contributed by atoms with Gasteiger partial charge in [0.1, 0.15) is 30.6 Å². The van der Waals surface area contributed by atoms with Crippen LogP contribution in [0.15, 0.2) is 76.4 Å². The van der Waals surface area contributed by atoms with Crippen LogP contribution in [-0.4, -0.2) is 56.0 Å². The fourth-order valence-electron chi connectivity index (χ4n) is 4.05. The van der Waals surface area contributed by atoms with Gasteiger partial charge in [-0.05, 0) is 31.5 Å². The van der Waals surface area contributed by atoms with Gasteiger partial charge in [0.15, 0.2) is 11.9 Å². The average Bonchev–Trinajstić information content (AvgIpc) is 3.17. The second kappa shape index (κ2) is 13.1. The molecule has 3 aromatic rings.